The molecule has 0 saturated heterocycles. The Morgan fingerprint density at radius 2 is 1.95 bits per heavy atom. The largest absolute Gasteiger partial charge is 0.490 e. The van der Waals surface area contributed by atoms with Crippen LogP contribution in [-0.2, 0) is 21.9 Å². The van der Waals surface area contributed by atoms with Gasteiger partial charge in [0.05, 0.1) is 17.5 Å². The van der Waals surface area contributed by atoms with E-state index in [-0.39, 0.29) is 5.41 Å². The lowest BCUT2D eigenvalue weighted by Gasteiger charge is -2.45. The smallest absolute Gasteiger partial charge is 0.264 e. The van der Waals surface area contributed by atoms with E-state index in [1.54, 1.807) is 6.07 Å². The van der Waals surface area contributed by atoms with Gasteiger partial charge >= 0.3 is 0 Å². The van der Waals surface area contributed by atoms with Crippen LogP contribution in [0.2, 0.25) is 5.02 Å². The third-order valence-corrected chi connectivity index (χ3v) is 12.3. The number of sulfonamides is 1. The maximum absolute atomic E-state index is 13.3. The van der Waals surface area contributed by atoms with E-state index >= 15 is 0 Å². The zero-order valence-corrected chi connectivity index (χ0v) is 25.5. The van der Waals surface area contributed by atoms with Crippen molar-refractivity contribution in [1.29, 1.82) is 0 Å². The van der Waals surface area contributed by atoms with Crippen LogP contribution in [-0.4, -0.2) is 39.3 Å². The second kappa shape index (κ2) is 11.3. The predicted octanol–water partition coefficient (Wildman–Crippen LogP) is 6.81. The van der Waals surface area contributed by atoms with Gasteiger partial charge in [0.2, 0.25) is 10.0 Å². The zero-order chi connectivity index (χ0) is 28.8. The monoisotopic (exact) mass is 596 g/mol. The van der Waals surface area contributed by atoms with Crippen molar-refractivity contribution in [3.8, 4) is 5.75 Å². The van der Waals surface area contributed by atoms with Gasteiger partial charge in [0, 0.05) is 29.1 Å². The minimum absolute atomic E-state index is 0.200. The summed E-state index contributed by atoms with van der Waals surface area (Å²) in [5, 5.41) is 0.167. The third-order valence-electron chi connectivity index (χ3n) is 10.1. The number of rotatable bonds is 1. The van der Waals surface area contributed by atoms with Crippen molar-refractivity contribution in [2.45, 2.75) is 81.8 Å². The zero-order valence-electron chi connectivity index (χ0n) is 24.0. The summed E-state index contributed by atoms with van der Waals surface area (Å²) in [5.74, 6) is 1.13. The van der Waals surface area contributed by atoms with Crippen LogP contribution in [0.3, 0.4) is 0 Å². The lowest BCUT2D eigenvalue weighted by atomic mass is 9.67. The summed E-state index contributed by atoms with van der Waals surface area (Å²) in [7, 11) is -3.80. The van der Waals surface area contributed by atoms with Crippen LogP contribution in [0.5, 0.6) is 5.75 Å². The summed E-state index contributed by atoms with van der Waals surface area (Å²) in [4.78, 5) is 15.8. The van der Waals surface area contributed by atoms with E-state index in [1.807, 2.05) is 25.1 Å². The molecule has 1 amide bonds. The van der Waals surface area contributed by atoms with Crippen molar-refractivity contribution >= 4 is 33.2 Å². The fourth-order valence-corrected chi connectivity index (χ4v) is 9.28. The van der Waals surface area contributed by atoms with Crippen LogP contribution in [0.1, 0.15) is 86.2 Å². The molecule has 1 spiro atoms. The molecule has 2 aromatic rings. The minimum atomic E-state index is -3.80. The Bertz CT molecular complexity index is 1460. The molecular formula is C33H41ClN2O4S. The van der Waals surface area contributed by atoms with Crippen molar-refractivity contribution in [3.63, 3.8) is 0 Å². The molecule has 41 heavy (non-hydrogen) atoms. The molecule has 0 radical (unpaired) electrons. The highest BCUT2D eigenvalue weighted by atomic mass is 35.5. The number of halogens is 1. The molecule has 1 fully saturated rings. The van der Waals surface area contributed by atoms with Gasteiger partial charge in [-0.25, -0.2) is 13.1 Å². The molecule has 220 valence electrons. The summed E-state index contributed by atoms with van der Waals surface area (Å²) >= 11 is 6.40. The molecule has 6 rings (SSSR count). The van der Waals surface area contributed by atoms with E-state index in [0.29, 0.717) is 36.8 Å². The third kappa shape index (κ3) is 5.52. The molecule has 2 bridgehead atoms. The van der Waals surface area contributed by atoms with Gasteiger partial charge in [-0.1, -0.05) is 43.2 Å². The molecule has 6 nitrogen and oxygen atoms in total. The van der Waals surface area contributed by atoms with Crippen molar-refractivity contribution in [1.82, 2.24) is 4.72 Å². The first-order valence-electron chi connectivity index (χ1n) is 15.2. The SMILES string of the molecule is C=C1CCCC[C@@H](CC)S(=O)(=O)NC(=O)c2ccc3c(c2)N(C[C@@H]2CC[C@@H]12)C[C@@]1(CCCc2cc(Cl)ccc21)CO3. The Labute approximate surface area is 249 Å². The molecule has 4 atom stereocenters. The Hall–Kier alpha value is -2.51. The lowest BCUT2D eigenvalue weighted by molar-refractivity contribution is 0.0981. The number of hydrogen-bond acceptors (Lipinski definition) is 5. The van der Waals surface area contributed by atoms with Crippen molar-refractivity contribution in [3.05, 3.63) is 70.3 Å². The first-order valence-corrected chi connectivity index (χ1v) is 17.2. The molecule has 1 saturated carbocycles. The summed E-state index contributed by atoms with van der Waals surface area (Å²) in [6.07, 6.45) is 9.05. The Balaban J connectivity index is 1.41. The van der Waals surface area contributed by atoms with Crippen molar-refractivity contribution < 1.29 is 17.9 Å². The normalized spacial score (nSPS) is 29.8. The molecular weight excluding hydrogens is 556 g/mol. The Morgan fingerprint density at radius 1 is 1.10 bits per heavy atom. The minimum Gasteiger partial charge on any atom is -0.490 e. The van der Waals surface area contributed by atoms with Gasteiger partial charge in [0.1, 0.15) is 5.75 Å². The van der Waals surface area contributed by atoms with Crippen LogP contribution < -0.4 is 14.4 Å². The Morgan fingerprint density at radius 3 is 2.73 bits per heavy atom. The van der Waals surface area contributed by atoms with E-state index in [9.17, 15) is 13.2 Å². The number of allylic oxidation sites excluding steroid dienone is 1. The number of aryl methyl sites for hydroxylation is 1. The summed E-state index contributed by atoms with van der Waals surface area (Å²) in [6.45, 7) is 8.53. The van der Waals surface area contributed by atoms with Crippen LogP contribution in [0.25, 0.3) is 0 Å². The number of nitrogens with one attached hydrogen (secondary N) is 1. The van der Waals surface area contributed by atoms with Crippen LogP contribution in [0, 0.1) is 11.8 Å². The number of fused-ring (bicyclic) bond motifs is 4. The fourth-order valence-electron chi connectivity index (χ4n) is 7.62. The number of hydrogen-bond donors (Lipinski definition) is 1. The van der Waals surface area contributed by atoms with Crippen molar-refractivity contribution in [2.75, 3.05) is 24.6 Å². The van der Waals surface area contributed by atoms with Gasteiger partial charge in [-0.3, -0.25) is 4.79 Å². The molecule has 2 aromatic carbocycles. The highest BCUT2D eigenvalue weighted by molar-refractivity contribution is 7.90. The summed E-state index contributed by atoms with van der Waals surface area (Å²) in [5.41, 5.74) is 4.89. The number of ether oxygens (including phenoxy) is 1. The van der Waals surface area contributed by atoms with Gasteiger partial charge in [0.25, 0.3) is 5.91 Å². The maximum Gasteiger partial charge on any atom is 0.264 e. The highest BCUT2D eigenvalue weighted by Crippen LogP contribution is 2.47. The second-order valence-corrected chi connectivity index (χ2v) is 15.0. The second-order valence-electron chi connectivity index (χ2n) is 12.6. The van der Waals surface area contributed by atoms with Crippen molar-refractivity contribution in [2.24, 2.45) is 11.8 Å². The topological polar surface area (TPSA) is 75.7 Å². The number of amides is 1. The van der Waals surface area contributed by atoms with Gasteiger partial charge < -0.3 is 9.64 Å². The van der Waals surface area contributed by atoms with Gasteiger partial charge in [-0.2, -0.15) is 0 Å². The molecule has 0 unspecified atom stereocenters. The number of nitrogens with zero attached hydrogens (tertiary/aromatic N) is 1. The average Bonchev–Trinajstić information content (AvgIpc) is 3.07. The average molecular weight is 597 g/mol. The highest BCUT2D eigenvalue weighted by Gasteiger charge is 2.43. The quantitative estimate of drug-likeness (QED) is 0.366. The Kier molecular flexibility index (Phi) is 7.88. The molecule has 1 N–H and O–H groups in total. The van der Waals surface area contributed by atoms with Crippen LogP contribution in [0.15, 0.2) is 48.6 Å². The molecule has 4 aliphatic rings. The number of carbonyl (C=O) groups excluding carboxylic acids is 1. The molecule has 0 aromatic heterocycles. The predicted molar refractivity (Wildman–Crippen MR) is 165 cm³/mol. The standard InChI is InChI=1S/C33H41ClN2O4S/c1-3-27-9-5-4-7-22(2)28-13-10-25(28)19-36-20-33(16-6-8-23-17-26(34)12-14-29(23)33)21-40-31-15-11-24(18-30(31)36)32(37)35-41(27,38)39/h11-12,14-15,17-18,25,27-28H,2-10,13,16,19-21H2,1H3,(H,35,37)/t25-,27+,28-,33-/m0/s1. The molecule has 8 heteroatoms. The molecule has 2 heterocycles. The number of anilines is 1. The van der Waals surface area contributed by atoms with E-state index in [4.69, 9.17) is 16.3 Å². The van der Waals surface area contributed by atoms with Crippen LogP contribution >= 0.6 is 11.6 Å². The van der Waals surface area contributed by atoms with E-state index in [1.165, 1.54) is 16.7 Å². The van der Waals surface area contributed by atoms with Crippen LogP contribution in [0.4, 0.5) is 5.69 Å². The van der Waals surface area contributed by atoms with Gasteiger partial charge in [-0.05, 0) is 111 Å². The maximum atomic E-state index is 13.3. The fraction of sp³-hybridized carbons (Fsp3) is 0.545. The van der Waals surface area contributed by atoms with Gasteiger partial charge in [-0.15, -0.1) is 0 Å². The van der Waals surface area contributed by atoms with E-state index < -0.39 is 21.2 Å². The summed E-state index contributed by atoms with van der Waals surface area (Å²) in [6, 6.07) is 11.6. The number of carbonyl (C=O) groups is 1. The van der Waals surface area contributed by atoms with E-state index in [2.05, 4.69) is 28.3 Å². The lowest BCUT2D eigenvalue weighted by Crippen LogP contribution is -2.48. The summed E-state index contributed by atoms with van der Waals surface area (Å²) < 4.78 is 35.4. The van der Waals surface area contributed by atoms with Gasteiger partial charge in [0.15, 0.2) is 0 Å². The first kappa shape index (κ1) is 28.6. The molecule has 2 aliphatic carbocycles. The first-order chi connectivity index (χ1) is 19.7. The molecule has 2 aliphatic heterocycles. The van der Waals surface area contributed by atoms with E-state index in [0.717, 1.165) is 80.9 Å². The number of benzene rings is 2.